The van der Waals surface area contributed by atoms with E-state index in [0.29, 0.717) is 0 Å². The second-order valence-corrected chi connectivity index (χ2v) is 5.80. The zero-order valence-corrected chi connectivity index (χ0v) is 13.3. The lowest BCUT2D eigenvalue weighted by Crippen LogP contribution is -2.39. The number of urea groups is 1. The minimum absolute atomic E-state index is 0.0478. The summed E-state index contributed by atoms with van der Waals surface area (Å²) in [6, 6.07) is 3.50. The fourth-order valence-corrected chi connectivity index (χ4v) is 2.93. The largest absolute Gasteiger partial charge is 0.332 e. The van der Waals surface area contributed by atoms with Crippen LogP contribution < -0.4 is 10.6 Å². The third-order valence-electron chi connectivity index (χ3n) is 3.20. The summed E-state index contributed by atoms with van der Waals surface area (Å²) in [5.74, 6) is 0. The third kappa shape index (κ3) is 4.26. The van der Waals surface area contributed by atoms with Gasteiger partial charge < -0.3 is 10.6 Å². The van der Waals surface area contributed by atoms with Gasteiger partial charge in [-0.15, -0.1) is 11.3 Å². The Hall–Kier alpha value is -1.95. The minimum Gasteiger partial charge on any atom is -0.332 e. The zero-order chi connectivity index (χ0) is 15.2. The van der Waals surface area contributed by atoms with E-state index in [-0.39, 0.29) is 18.1 Å². The molecule has 2 atom stereocenters. The number of hydrogen-bond donors (Lipinski definition) is 2. The van der Waals surface area contributed by atoms with Gasteiger partial charge >= 0.3 is 6.03 Å². The predicted molar refractivity (Wildman–Crippen MR) is 84.2 cm³/mol. The molecule has 6 heteroatoms. The van der Waals surface area contributed by atoms with Crippen molar-refractivity contribution in [3.05, 3.63) is 46.2 Å². The second-order valence-electron chi connectivity index (χ2n) is 4.91. The highest BCUT2D eigenvalue weighted by atomic mass is 32.1. The van der Waals surface area contributed by atoms with Crippen molar-refractivity contribution in [3.63, 3.8) is 0 Å². The van der Waals surface area contributed by atoms with Crippen LogP contribution in [-0.2, 0) is 0 Å². The standard InChI is InChI=1S/C15H20N4OS/c1-4-13(14-17-10(2)9-21-14)19-15(20)18-11(3)12-5-7-16-8-6-12/h5-9,11,13H,4H2,1-3H3,(H2,18,19,20)/t11-,13-/m0/s1. The molecule has 2 aromatic rings. The molecule has 112 valence electrons. The minimum atomic E-state index is -0.181. The van der Waals surface area contributed by atoms with E-state index in [1.54, 1.807) is 23.7 Å². The number of amides is 2. The SMILES string of the molecule is CC[C@H](NC(=O)N[C@@H](C)c1ccncc1)c1nc(C)cs1. The first kappa shape index (κ1) is 15.4. The van der Waals surface area contributed by atoms with E-state index in [9.17, 15) is 4.79 Å². The van der Waals surface area contributed by atoms with E-state index < -0.39 is 0 Å². The van der Waals surface area contributed by atoms with Gasteiger partial charge in [0.2, 0.25) is 0 Å². The van der Waals surface area contributed by atoms with Crippen LogP contribution in [-0.4, -0.2) is 16.0 Å². The number of aryl methyl sites for hydroxylation is 1. The van der Waals surface area contributed by atoms with E-state index in [1.807, 2.05) is 38.3 Å². The van der Waals surface area contributed by atoms with Gasteiger partial charge in [-0.1, -0.05) is 6.92 Å². The van der Waals surface area contributed by atoms with Crippen molar-refractivity contribution >= 4 is 17.4 Å². The number of nitrogens with one attached hydrogen (secondary N) is 2. The molecule has 2 N–H and O–H groups in total. The Balaban J connectivity index is 1.94. The molecule has 0 unspecified atom stereocenters. The quantitative estimate of drug-likeness (QED) is 0.890. The zero-order valence-electron chi connectivity index (χ0n) is 12.5. The van der Waals surface area contributed by atoms with Gasteiger partial charge in [-0.3, -0.25) is 4.98 Å². The van der Waals surface area contributed by atoms with E-state index >= 15 is 0 Å². The van der Waals surface area contributed by atoms with Gasteiger partial charge in [-0.25, -0.2) is 9.78 Å². The van der Waals surface area contributed by atoms with Crippen molar-refractivity contribution in [3.8, 4) is 0 Å². The number of pyridine rings is 1. The molecule has 0 bridgehead atoms. The molecule has 5 nitrogen and oxygen atoms in total. The van der Waals surface area contributed by atoms with Gasteiger partial charge in [0.1, 0.15) is 5.01 Å². The number of aromatic nitrogens is 2. The van der Waals surface area contributed by atoms with E-state index in [0.717, 1.165) is 22.7 Å². The van der Waals surface area contributed by atoms with Gasteiger partial charge in [0.25, 0.3) is 0 Å². The van der Waals surface area contributed by atoms with Crippen LogP contribution in [0, 0.1) is 6.92 Å². The van der Waals surface area contributed by atoms with Crippen LogP contribution in [0.5, 0.6) is 0 Å². The summed E-state index contributed by atoms with van der Waals surface area (Å²) in [6.45, 7) is 5.94. The van der Waals surface area contributed by atoms with Gasteiger partial charge in [0.05, 0.1) is 12.1 Å². The Morgan fingerprint density at radius 1 is 1.33 bits per heavy atom. The maximum atomic E-state index is 12.1. The first-order chi connectivity index (χ1) is 10.1. The first-order valence-electron chi connectivity index (χ1n) is 6.99. The highest BCUT2D eigenvalue weighted by molar-refractivity contribution is 7.09. The van der Waals surface area contributed by atoms with Crippen molar-refractivity contribution in [1.82, 2.24) is 20.6 Å². The van der Waals surface area contributed by atoms with Crippen LogP contribution in [0.2, 0.25) is 0 Å². The summed E-state index contributed by atoms with van der Waals surface area (Å²) in [6.07, 6.45) is 4.25. The Kier molecular flexibility index (Phi) is 5.27. The molecule has 0 fully saturated rings. The maximum absolute atomic E-state index is 12.1. The lowest BCUT2D eigenvalue weighted by Gasteiger charge is -2.18. The molecule has 0 aromatic carbocycles. The van der Waals surface area contributed by atoms with Gasteiger partial charge in [0, 0.05) is 23.5 Å². The molecule has 2 heterocycles. The third-order valence-corrected chi connectivity index (χ3v) is 4.28. The van der Waals surface area contributed by atoms with E-state index in [1.165, 1.54) is 0 Å². The average molecular weight is 304 g/mol. The maximum Gasteiger partial charge on any atom is 0.315 e. The molecule has 2 rings (SSSR count). The van der Waals surface area contributed by atoms with Crippen LogP contribution in [0.25, 0.3) is 0 Å². The molecule has 0 aliphatic heterocycles. The Morgan fingerprint density at radius 2 is 2.05 bits per heavy atom. The number of thiazole rings is 1. The van der Waals surface area contributed by atoms with E-state index in [4.69, 9.17) is 0 Å². The smallest absolute Gasteiger partial charge is 0.315 e. The number of rotatable bonds is 5. The molecule has 0 radical (unpaired) electrons. The number of carbonyl (C=O) groups excluding carboxylic acids is 1. The molecule has 2 aromatic heterocycles. The lowest BCUT2D eigenvalue weighted by molar-refractivity contribution is 0.233. The summed E-state index contributed by atoms with van der Waals surface area (Å²) < 4.78 is 0. The topological polar surface area (TPSA) is 66.9 Å². The van der Waals surface area contributed by atoms with Crippen LogP contribution >= 0.6 is 11.3 Å². The Morgan fingerprint density at radius 3 is 2.62 bits per heavy atom. The summed E-state index contributed by atoms with van der Waals surface area (Å²) in [5, 5.41) is 8.86. The van der Waals surface area contributed by atoms with Crippen molar-refractivity contribution < 1.29 is 4.79 Å². The van der Waals surface area contributed by atoms with Gasteiger partial charge in [-0.05, 0) is 38.0 Å². The highest BCUT2D eigenvalue weighted by Gasteiger charge is 2.17. The van der Waals surface area contributed by atoms with Crippen molar-refractivity contribution in [2.45, 2.75) is 39.3 Å². The molecule has 0 aliphatic rings. The summed E-state index contributed by atoms with van der Waals surface area (Å²) >= 11 is 1.58. The number of carbonyl (C=O) groups is 1. The molecule has 0 saturated carbocycles. The van der Waals surface area contributed by atoms with E-state index in [2.05, 4.69) is 20.6 Å². The van der Waals surface area contributed by atoms with Crippen LogP contribution in [0.3, 0.4) is 0 Å². The molecular formula is C15H20N4OS. The summed E-state index contributed by atoms with van der Waals surface area (Å²) in [7, 11) is 0. The molecule has 0 saturated heterocycles. The first-order valence-corrected chi connectivity index (χ1v) is 7.87. The van der Waals surface area contributed by atoms with Crippen LogP contribution in [0.15, 0.2) is 29.9 Å². The Labute approximate surface area is 128 Å². The monoisotopic (exact) mass is 304 g/mol. The van der Waals surface area contributed by atoms with Crippen LogP contribution in [0.4, 0.5) is 4.79 Å². The van der Waals surface area contributed by atoms with Gasteiger partial charge in [-0.2, -0.15) is 0 Å². The van der Waals surface area contributed by atoms with Crippen molar-refractivity contribution in [2.24, 2.45) is 0 Å². The molecule has 21 heavy (non-hydrogen) atoms. The Bertz CT molecular complexity index is 584. The fraction of sp³-hybridized carbons (Fsp3) is 0.400. The normalized spacial score (nSPS) is 13.5. The fourth-order valence-electron chi connectivity index (χ4n) is 2.00. The summed E-state index contributed by atoms with van der Waals surface area (Å²) in [4.78, 5) is 20.5. The molecular weight excluding hydrogens is 284 g/mol. The predicted octanol–water partition coefficient (Wildman–Crippen LogP) is 3.36. The number of nitrogens with zero attached hydrogens (tertiary/aromatic N) is 2. The van der Waals surface area contributed by atoms with Gasteiger partial charge in [0.15, 0.2) is 0 Å². The summed E-state index contributed by atoms with van der Waals surface area (Å²) in [5.41, 5.74) is 2.01. The lowest BCUT2D eigenvalue weighted by atomic mass is 10.1. The molecule has 2 amide bonds. The molecule has 0 spiro atoms. The highest BCUT2D eigenvalue weighted by Crippen LogP contribution is 2.20. The number of hydrogen-bond acceptors (Lipinski definition) is 4. The molecule has 0 aliphatic carbocycles. The van der Waals surface area contributed by atoms with Crippen molar-refractivity contribution in [2.75, 3.05) is 0 Å². The van der Waals surface area contributed by atoms with Crippen LogP contribution in [0.1, 0.15) is 48.6 Å². The second kappa shape index (κ2) is 7.17. The van der Waals surface area contributed by atoms with Crippen molar-refractivity contribution in [1.29, 1.82) is 0 Å². The average Bonchev–Trinajstić information content (AvgIpc) is 2.92.